The van der Waals surface area contributed by atoms with Gasteiger partial charge in [0.2, 0.25) is 5.88 Å². The maximum absolute atomic E-state index is 6.43. The van der Waals surface area contributed by atoms with Gasteiger partial charge in [0.25, 0.3) is 0 Å². The van der Waals surface area contributed by atoms with E-state index < -0.39 is 0 Å². The molecule has 146 valence electrons. The number of nitrogens with zero attached hydrogens (tertiary/aromatic N) is 5. The number of aromatic nitrogens is 5. The number of methoxy groups -OCH3 is 2. The Balaban J connectivity index is 1.60. The monoisotopic (exact) mass is 407 g/mol. The Kier molecular flexibility index (Phi) is 4.32. The van der Waals surface area contributed by atoms with E-state index in [-0.39, 0.29) is 6.01 Å². The van der Waals surface area contributed by atoms with Crippen LogP contribution in [0.25, 0.3) is 16.9 Å². The Morgan fingerprint density at radius 1 is 1.07 bits per heavy atom. The van der Waals surface area contributed by atoms with Crippen molar-refractivity contribution in [3.63, 3.8) is 0 Å². The van der Waals surface area contributed by atoms with E-state index in [1.807, 2.05) is 24.4 Å². The van der Waals surface area contributed by atoms with Crippen LogP contribution < -0.4 is 9.47 Å². The van der Waals surface area contributed by atoms with Crippen molar-refractivity contribution in [2.75, 3.05) is 14.2 Å². The first-order chi connectivity index (χ1) is 14.2. The molecular weight excluding hydrogens is 390 g/mol. The normalized spacial score (nSPS) is 18.0. The highest BCUT2D eigenvalue weighted by atomic mass is 35.5. The van der Waals surface area contributed by atoms with Gasteiger partial charge < -0.3 is 9.47 Å². The fourth-order valence-corrected chi connectivity index (χ4v) is 4.06. The molecule has 1 saturated carbocycles. The second-order valence-electron chi connectivity index (χ2n) is 6.93. The molecule has 0 saturated heterocycles. The molecule has 0 amide bonds. The topological polar surface area (TPSA) is 74.4 Å². The molecule has 0 bridgehead atoms. The number of halogens is 1. The van der Waals surface area contributed by atoms with Crippen LogP contribution in [-0.2, 0) is 0 Å². The van der Waals surface area contributed by atoms with Crippen molar-refractivity contribution in [1.29, 1.82) is 0 Å². The second kappa shape index (κ2) is 7.00. The van der Waals surface area contributed by atoms with Crippen LogP contribution in [0.1, 0.15) is 29.4 Å². The number of benzene rings is 1. The molecule has 1 aromatic carbocycles. The zero-order valence-electron chi connectivity index (χ0n) is 15.9. The summed E-state index contributed by atoms with van der Waals surface area (Å²) in [7, 11) is 3.08. The standard InChI is InChI=1S/C21H18ClN5O2/c1-28-20-16(11-24-21(25-20)29-2)18-10-15(19-23-7-8-27(19)26-18)14-9-13(14)12-5-3-4-6-17(12)22/h3-8,10-11,13-14H,9H2,1-2H3/t13-,14+/m1/s1. The molecule has 8 heteroatoms. The molecule has 29 heavy (non-hydrogen) atoms. The summed E-state index contributed by atoms with van der Waals surface area (Å²) in [6.45, 7) is 0. The summed E-state index contributed by atoms with van der Waals surface area (Å²) in [5.41, 5.74) is 4.56. The first-order valence-electron chi connectivity index (χ1n) is 9.23. The van der Waals surface area contributed by atoms with Crippen LogP contribution >= 0.6 is 11.6 Å². The quantitative estimate of drug-likeness (QED) is 0.495. The maximum atomic E-state index is 6.43. The van der Waals surface area contributed by atoms with Crippen LogP contribution in [0.3, 0.4) is 0 Å². The third-order valence-electron chi connectivity index (χ3n) is 5.27. The van der Waals surface area contributed by atoms with Crippen molar-refractivity contribution in [1.82, 2.24) is 24.6 Å². The molecule has 4 aromatic rings. The average molecular weight is 408 g/mol. The van der Waals surface area contributed by atoms with E-state index in [0.29, 0.717) is 23.3 Å². The van der Waals surface area contributed by atoms with Crippen molar-refractivity contribution in [2.24, 2.45) is 0 Å². The van der Waals surface area contributed by atoms with Gasteiger partial charge in [-0.25, -0.2) is 14.5 Å². The van der Waals surface area contributed by atoms with Crippen molar-refractivity contribution in [3.8, 4) is 23.1 Å². The van der Waals surface area contributed by atoms with Crippen LogP contribution in [-0.4, -0.2) is 38.8 Å². The Morgan fingerprint density at radius 3 is 2.69 bits per heavy atom. The van der Waals surface area contributed by atoms with Gasteiger partial charge in [0.05, 0.1) is 25.5 Å². The highest BCUT2D eigenvalue weighted by molar-refractivity contribution is 6.31. The minimum absolute atomic E-state index is 0.246. The number of hydrogen-bond donors (Lipinski definition) is 0. The number of hydrogen-bond acceptors (Lipinski definition) is 6. The Hall–Kier alpha value is -3.19. The molecule has 0 unspecified atom stereocenters. The van der Waals surface area contributed by atoms with Gasteiger partial charge in [-0.05, 0) is 36.0 Å². The first kappa shape index (κ1) is 17.9. The summed E-state index contributed by atoms with van der Waals surface area (Å²) in [6, 6.07) is 10.3. The lowest BCUT2D eigenvalue weighted by molar-refractivity contribution is 0.353. The fraction of sp³-hybridized carbons (Fsp3) is 0.238. The van der Waals surface area contributed by atoms with E-state index >= 15 is 0 Å². The smallest absolute Gasteiger partial charge is 0.319 e. The van der Waals surface area contributed by atoms with Gasteiger partial charge >= 0.3 is 6.01 Å². The summed E-state index contributed by atoms with van der Waals surface area (Å²) in [5.74, 6) is 1.10. The third-order valence-corrected chi connectivity index (χ3v) is 5.61. The van der Waals surface area contributed by atoms with Gasteiger partial charge in [-0.15, -0.1) is 0 Å². The lowest BCUT2D eigenvalue weighted by atomic mass is 10.0. The minimum atomic E-state index is 0.246. The zero-order valence-corrected chi connectivity index (χ0v) is 16.7. The van der Waals surface area contributed by atoms with Crippen molar-refractivity contribution in [2.45, 2.75) is 18.3 Å². The molecule has 1 fully saturated rings. The summed E-state index contributed by atoms with van der Waals surface area (Å²) in [5, 5.41) is 5.49. The highest BCUT2D eigenvalue weighted by Gasteiger charge is 2.42. The summed E-state index contributed by atoms with van der Waals surface area (Å²) < 4.78 is 12.3. The van der Waals surface area contributed by atoms with E-state index in [2.05, 4.69) is 32.2 Å². The van der Waals surface area contributed by atoms with Gasteiger partial charge in [-0.1, -0.05) is 29.8 Å². The molecule has 0 radical (unpaired) electrons. The Labute approximate surface area is 172 Å². The molecule has 3 aromatic heterocycles. The third kappa shape index (κ3) is 3.07. The highest BCUT2D eigenvalue weighted by Crippen LogP contribution is 2.57. The zero-order chi connectivity index (χ0) is 20.0. The summed E-state index contributed by atoms with van der Waals surface area (Å²) in [6.07, 6.45) is 6.28. The van der Waals surface area contributed by atoms with Crippen LogP contribution in [0.5, 0.6) is 11.9 Å². The molecule has 0 N–H and O–H groups in total. The largest absolute Gasteiger partial charge is 0.480 e. The lowest BCUT2D eigenvalue weighted by Gasteiger charge is -2.11. The lowest BCUT2D eigenvalue weighted by Crippen LogP contribution is -2.02. The van der Waals surface area contributed by atoms with E-state index in [0.717, 1.165) is 28.3 Å². The van der Waals surface area contributed by atoms with Crippen molar-refractivity contribution in [3.05, 3.63) is 65.1 Å². The summed E-state index contributed by atoms with van der Waals surface area (Å²) >= 11 is 6.43. The maximum Gasteiger partial charge on any atom is 0.319 e. The van der Waals surface area contributed by atoms with Crippen molar-refractivity contribution < 1.29 is 9.47 Å². The Morgan fingerprint density at radius 2 is 1.90 bits per heavy atom. The predicted molar refractivity (Wildman–Crippen MR) is 109 cm³/mol. The van der Waals surface area contributed by atoms with Gasteiger partial charge in [0, 0.05) is 29.2 Å². The molecule has 1 aliphatic rings. The Bertz CT molecular complexity index is 1210. The number of imidazole rings is 1. The predicted octanol–water partition coefficient (Wildman–Crippen LogP) is 4.13. The van der Waals surface area contributed by atoms with E-state index in [4.69, 9.17) is 21.1 Å². The minimum Gasteiger partial charge on any atom is -0.480 e. The van der Waals surface area contributed by atoms with Gasteiger partial charge in [-0.2, -0.15) is 10.1 Å². The molecule has 5 rings (SSSR count). The van der Waals surface area contributed by atoms with Crippen LogP contribution in [0, 0.1) is 0 Å². The fourth-order valence-electron chi connectivity index (χ4n) is 3.78. The van der Waals surface area contributed by atoms with Gasteiger partial charge in [0.1, 0.15) is 0 Å². The van der Waals surface area contributed by atoms with Crippen LogP contribution in [0.4, 0.5) is 0 Å². The van der Waals surface area contributed by atoms with Crippen molar-refractivity contribution >= 4 is 17.2 Å². The van der Waals surface area contributed by atoms with Gasteiger partial charge in [-0.3, -0.25) is 0 Å². The number of rotatable bonds is 5. The molecule has 0 spiro atoms. The van der Waals surface area contributed by atoms with Gasteiger partial charge in [0.15, 0.2) is 5.65 Å². The van der Waals surface area contributed by atoms with E-state index in [1.54, 1.807) is 24.0 Å². The first-order valence-corrected chi connectivity index (χ1v) is 9.61. The van der Waals surface area contributed by atoms with E-state index in [1.165, 1.54) is 12.7 Å². The van der Waals surface area contributed by atoms with Crippen LogP contribution in [0.15, 0.2) is 48.9 Å². The second-order valence-corrected chi connectivity index (χ2v) is 7.34. The molecule has 7 nitrogen and oxygen atoms in total. The molecule has 0 aliphatic heterocycles. The van der Waals surface area contributed by atoms with Crippen LogP contribution in [0.2, 0.25) is 5.02 Å². The molecule has 1 aliphatic carbocycles. The molecule has 3 heterocycles. The SMILES string of the molecule is COc1ncc(-c2cc([C@H]3C[C@@H]3c3ccccc3Cl)c3nccn3n2)c(OC)n1. The number of ether oxygens (including phenoxy) is 2. The van der Waals surface area contributed by atoms with E-state index in [9.17, 15) is 0 Å². The molecule has 2 atom stereocenters. The average Bonchev–Trinajstić information content (AvgIpc) is 3.40. The molecular formula is C21H18ClN5O2. The summed E-state index contributed by atoms with van der Waals surface area (Å²) in [4.78, 5) is 13.0. The number of fused-ring (bicyclic) bond motifs is 1.